The maximum Gasteiger partial charge on any atom is 0.308 e. The van der Waals surface area contributed by atoms with Gasteiger partial charge in [-0.2, -0.15) is 0 Å². The van der Waals surface area contributed by atoms with Gasteiger partial charge in [0.2, 0.25) is 11.9 Å². The minimum Gasteiger partial charge on any atom is -0.496 e. The SMILES string of the molecule is COc1ccccc1C(=O)C(Oc1ccc(OC(C)=O)cc1)C(=O)Nc1ccc(Cl)cc1Oc1ccc(C(C)(C)CC(C)(C)C)cc1. The second kappa shape index (κ2) is 14.7. The Morgan fingerprint density at radius 2 is 1.40 bits per heavy atom. The molecule has 4 rings (SSSR count). The maximum atomic E-state index is 13.8. The number of hydrogen-bond donors (Lipinski definition) is 1. The second-order valence-electron chi connectivity index (χ2n) is 13.0. The van der Waals surface area contributed by atoms with Crippen molar-refractivity contribution in [3.63, 3.8) is 0 Å². The highest BCUT2D eigenvalue weighted by molar-refractivity contribution is 6.31. The van der Waals surface area contributed by atoms with E-state index in [2.05, 4.69) is 39.9 Å². The summed E-state index contributed by atoms with van der Waals surface area (Å²) in [4.78, 5) is 39.0. The standard InChI is InChI=1S/C38H40ClNO7/c1-24(41)45-27-17-19-29(20-18-27)47-35(34(42)30-10-8-9-11-32(30)44-7)36(43)40-31-21-14-26(39)22-33(31)46-28-15-12-25(13-16-28)38(5,6)23-37(2,3)4/h8-22,35H,23H2,1-7H3,(H,40,43). The van der Waals surface area contributed by atoms with Gasteiger partial charge in [-0.15, -0.1) is 0 Å². The van der Waals surface area contributed by atoms with E-state index in [1.54, 1.807) is 42.5 Å². The molecule has 0 radical (unpaired) electrons. The van der Waals surface area contributed by atoms with Gasteiger partial charge in [0.15, 0.2) is 5.75 Å². The monoisotopic (exact) mass is 657 g/mol. The third-order valence-corrected chi connectivity index (χ3v) is 7.46. The molecule has 0 saturated heterocycles. The van der Waals surface area contributed by atoms with Crippen LogP contribution in [0.1, 0.15) is 63.9 Å². The number of carbonyl (C=O) groups excluding carboxylic acids is 3. The number of anilines is 1. The van der Waals surface area contributed by atoms with Crippen LogP contribution in [0.5, 0.6) is 28.7 Å². The number of carbonyl (C=O) groups is 3. The van der Waals surface area contributed by atoms with Gasteiger partial charge in [-0.1, -0.05) is 70.5 Å². The van der Waals surface area contributed by atoms with Crippen molar-refractivity contribution < 1.29 is 33.3 Å². The van der Waals surface area contributed by atoms with Crippen LogP contribution >= 0.6 is 11.6 Å². The van der Waals surface area contributed by atoms with E-state index in [0.717, 1.165) is 6.42 Å². The maximum absolute atomic E-state index is 13.8. The molecule has 0 aliphatic rings. The molecule has 0 bridgehead atoms. The van der Waals surface area contributed by atoms with E-state index in [4.69, 9.17) is 30.5 Å². The Morgan fingerprint density at radius 3 is 2.02 bits per heavy atom. The summed E-state index contributed by atoms with van der Waals surface area (Å²) in [6, 6.07) is 25.2. The number of hydrogen-bond acceptors (Lipinski definition) is 7. The number of benzene rings is 4. The van der Waals surface area contributed by atoms with Crippen molar-refractivity contribution in [2.75, 3.05) is 12.4 Å². The molecule has 47 heavy (non-hydrogen) atoms. The molecule has 1 atom stereocenters. The Bertz CT molecular complexity index is 1720. The van der Waals surface area contributed by atoms with Crippen molar-refractivity contribution in [2.45, 2.75) is 59.5 Å². The molecule has 0 saturated carbocycles. The molecule has 1 unspecified atom stereocenters. The lowest BCUT2D eigenvalue weighted by atomic mass is 9.72. The fourth-order valence-corrected chi connectivity index (χ4v) is 5.68. The average Bonchev–Trinajstić information content (AvgIpc) is 3.00. The van der Waals surface area contributed by atoms with Gasteiger partial charge >= 0.3 is 5.97 Å². The molecule has 4 aromatic carbocycles. The predicted molar refractivity (Wildman–Crippen MR) is 183 cm³/mol. The summed E-state index contributed by atoms with van der Waals surface area (Å²) in [6.45, 7) is 12.4. The van der Waals surface area contributed by atoms with Crippen molar-refractivity contribution in [1.82, 2.24) is 0 Å². The number of nitrogens with one attached hydrogen (secondary N) is 1. The Balaban J connectivity index is 1.61. The van der Waals surface area contributed by atoms with E-state index in [-0.39, 0.29) is 45.1 Å². The summed E-state index contributed by atoms with van der Waals surface area (Å²) in [5.41, 5.74) is 1.73. The van der Waals surface area contributed by atoms with Crippen molar-refractivity contribution >= 4 is 34.9 Å². The average molecular weight is 658 g/mol. The number of amides is 1. The highest BCUT2D eigenvalue weighted by Crippen LogP contribution is 2.38. The Morgan fingerprint density at radius 1 is 0.787 bits per heavy atom. The lowest BCUT2D eigenvalue weighted by molar-refractivity contribution is -0.131. The van der Waals surface area contributed by atoms with Gasteiger partial charge in [0.25, 0.3) is 5.91 Å². The smallest absolute Gasteiger partial charge is 0.308 e. The lowest BCUT2D eigenvalue weighted by Crippen LogP contribution is -2.40. The fraction of sp³-hybridized carbons (Fsp3) is 0.289. The molecule has 4 aromatic rings. The zero-order chi connectivity index (χ0) is 34.4. The normalized spacial score (nSPS) is 12.1. The van der Waals surface area contributed by atoms with Crippen LogP contribution in [0.25, 0.3) is 0 Å². The highest BCUT2D eigenvalue weighted by atomic mass is 35.5. The van der Waals surface area contributed by atoms with E-state index in [1.807, 2.05) is 24.3 Å². The molecule has 1 amide bonds. The number of ether oxygens (including phenoxy) is 4. The third kappa shape index (κ3) is 9.59. The summed E-state index contributed by atoms with van der Waals surface area (Å²) in [5.74, 6) is -0.268. The zero-order valence-electron chi connectivity index (χ0n) is 27.7. The molecule has 0 aromatic heterocycles. The van der Waals surface area contributed by atoms with E-state index >= 15 is 0 Å². The fourth-order valence-electron chi connectivity index (χ4n) is 5.52. The molecule has 246 valence electrons. The summed E-state index contributed by atoms with van der Waals surface area (Å²) in [7, 11) is 1.44. The van der Waals surface area contributed by atoms with E-state index < -0.39 is 23.8 Å². The van der Waals surface area contributed by atoms with Crippen molar-refractivity contribution in [3.8, 4) is 28.7 Å². The van der Waals surface area contributed by atoms with Crippen LogP contribution in [0, 0.1) is 5.41 Å². The number of ketones is 1. The van der Waals surface area contributed by atoms with E-state index in [1.165, 1.54) is 43.9 Å². The molecule has 8 nitrogen and oxygen atoms in total. The largest absolute Gasteiger partial charge is 0.496 e. The van der Waals surface area contributed by atoms with Crippen LogP contribution in [0.15, 0.2) is 91.0 Å². The summed E-state index contributed by atoms with van der Waals surface area (Å²) < 4.78 is 22.6. The number of Topliss-reactive ketones (excluding diaryl/α,β-unsaturated/α-hetero) is 1. The lowest BCUT2D eigenvalue weighted by Gasteiger charge is -2.33. The van der Waals surface area contributed by atoms with Crippen LogP contribution in [0.4, 0.5) is 5.69 Å². The van der Waals surface area contributed by atoms with Crippen LogP contribution < -0.4 is 24.3 Å². The van der Waals surface area contributed by atoms with Crippen LogP contribution in [-0.2, 0) is 15.0 Å². The van der Waals surface area contributed by atoms with Crippen LogP contribution in [-0.4, -0.2) is 30.9 Å². The highest BCUT2D eigenvalue weighted by Gasteiger charge is 2.33. The predicted octanol–water partition coefficient (Wildman–Crippen LogP) is 9.05. The Hall–Kier alpha value is -4.82. The summed E-state index contributed by atoms with van der Waals surface area (Å²) in [6.07, 6.45) is -0.628. The van der Waals surface area contributed by atoms with E-state index in [9.17, 15) is 14.4 Å². The Labute approximate surface area is 281 Å². The second-order valence-corrected chi connectivity index (χ2v) is 13.4. The topological polar surface area (TPSA) is 100 Å². The number of halogens is 1. The molecule has 0 fully saturated rings. The molecule has 0 spiro atoms. The van der Waals surface area contributed by atoms with Crippen molar-refractivity contribution in [2.24, 2.45) is 5.41 Å². The van der Waals surface area contributed by atoms with E-state index in [0.29, 0.717) is 10.8 Å². The van der Waals surface area contributed by atoms with Gasteiger partial charge in [0.05, 0.1) is 18.4 Å². The number of para-hydroxylation sites is 1. The van der Waals surface area contributed by atoms with Gasteiger partial charge in [-0.05, 0) is 83.5 Å². The van der Waals surface area contributed by atoms with Gasteiger partial charge in [0.1, 0.15) is 23.0 Å². The third-order valence-electron chi connectivity index (χ3n) is 7.23. The number of rotatable bonds is 12. The molecule has 9 heteroatoms. The van der Waals surface area contributed by atoms with Crippen LogP contribution in [0.2, 0.25) is 5.02 Å². The minimum atomic E-state index is -1.63. The molecule has 0 heterocycles. The van der Waals surface area contributed by atoms with Crippen LogP contribution in [0.3, 0.4) is 0 Å². The Kier molecular flexibility index (Phi) is 11.0. The molecule has 0 aliphatic heterocycles. The van der Waals surface area contributed by atoms with Crippen molar-refractivity contribution in [1.29, 1.82) is 0 Å². The van der Waals surface area contributed by atoms with Gasteiger partial charge in [0, 0.05) is 18.0 Å². The molecular formula is C38H40ClNO7. The number of methoxy groups -OCH3 is 1. The quantitative estimate of drug-likeness (QED) is 0.0702. The van der Waals surface area contributed by atoms with Gasteiger partial charge in [-0.3, -0.25) is 14.4 Å². The first-order valence-electron chi connectivity index (χ1n) is 15.2. The molecule has 0 aliphatic carbocycles. The van der Waals surface area contributed by atoms with Gasteiger partial charge < -0.3 is 24.3 Å². The first kappa shape index (κ1) is 35.0. The summed E-state index contributed by atoms with van der Waals surface area (Å²) >= 11 is 6.33. The first-order chi connectivity index (χ1) is 22.1. The molecular weight excluding hydrogens is 618 g/mol. The van der Waals surface area contributed by atoms with Crippen molar-refractivity contribution in [3.05, 3.63) is 107 Å². The summed E-state index contributed by atoms with van der Waals surface area (Å²) in [5, 5.41) is 3.18. The number of esters is 1. The van der Waals surface area contributed by atoms with Gasteiger partial charge in [-0.25, -0.2) is 0 Å². The minimum absolute atomic E-state index is 0.0459. The molecule has 1 N–H and O–H groups in total. The zero-order valence-corrected chi connectivity index (χ0v) is 28.4. The first-order valence-corrected chi connectivity index (χ1v) is 15.5.